The van der Waals surface area contributed by atoms with Gasteiger partial charge >= 0.3 is 0 Å². The van der Waals surface area contributed by atoms with E-state index >= 15 is 0 Å². The van der Waals surface area contributed by atoms with Crippen LogP contribution in [-0.2, 0) is 6.54 Å². The van der Waals surface area contributed by atoms with Crippen molar-refractivity contribution >= 4 is 46.0 Å². The van der Waals surface area contributed by atoms with Crippen molar-refractivity contribution in [3.63, 3.8) is 0 Å². The number of halogens is 2. The monoisotopic (exact) mass is 347 g/mol. The van der Waals surface area contributed by atoms with E-state index in [1.165, 1.54) is 0 Å². The van der Waals surface area contributed by atoms with E-state index in [0.717, 1.165) is 11.0 Å². The van der Waals surface area contributed by atoms with Gasteiger partial charge in [0.05, 0.1) is 17.6 Å². The maximum atomic E-state index is 12.5. The third-order valence-corrected chi connectivity index (χ3v) is 3.94. The molecule has 0 aliphatic heterocycles. The topological polar surface area (TPSA) is 46.9 Å². The third-order valence-electron chi connectivity index (χ3n) is 3.50. The van der Waals surface area contributed by atoms with E-state index in [-0.39, 0.29) is 12.3 Å². The molecule has 0 bridgehead atoms. The first-order chi connectivity index (χ1) is 11.2. The highest BCUT2D eigenvalue weighted by atomic mass is 35.5. The summed E-state index contributed by atoms with van der Waals surface area (Å²) < 4.78 is 1.87. The van der Waals surface area contributed by atoms with Gasteiger partial charge in [-0.3, -0.25) is 4.79 Å². The normalized spacial score (nSPS) is 10.9. The lowest BCUT2D eigenvalue weighted by molar-refractivity contribution is 0.0974. The second-order valence-corrected chi connectivity index (χ2v) is 5.87. The fraction of sp³-hybridized carbons (Fsp3) is 0.176. The standard InChI is InChI=1S/C17H15Cl2N3O/c18-9-10-20-17-21-14-3-1-2-4-15(14)22(17)11-16(23)12-5-7-13(19)8-6-12/h1-8H,9-11H2,(H,20,21). The van der Waals surface area contributed by atoms with Crippen LogP contribution in [0.2, 0.25) is 5.02 Å². The zero-order chi connectivity index (χ0) is 16.2. The number of para-hydroxylation sites is 2. The minimum atomic E-state index is -0.00116. The van der Waals surface area contributed by atoms with Crippen molar-refractivity contribution in [1.29, 1.82) is 0 Å². The maximum Gasteiger partial charge on any atom is 0.204 e. The van der Waals surface area contributed by atoms with E-state index in [2.05, 4.69) is 10.3 Å². The number of carbonyl (C=O) groups excluding carboxylic acids is 1. The van der Waals surface area contributed by atoms with Crippen molar-refractivity contribution in [3.8, 4) is 0 Å². The summed E-state index contributed by atoms with van der Waals surface area (Å²) in [5, 5.41) is 3.78. The number of Topliss-reactive ketones (excluding diaryl/α,β-unsaturated/α-hetero) is 1. The molecular formula is C17H15Cl2N3O. The Hall–Kier alpha value is -2.04. The highest BCUT2D eigenvalue weighted by Crippen LogP contribution is 2.20. The summed E-state index contributed by atoms with van der Waals surface area (Å²) in [5.74, 6) is 1.11. The van der Waals surface area contributed by atoms with Crippen LogP contribution in [0.3, 0.4) is 0 Å². The van der Waals surface area contributed by atoms with Gasteiger partial charge in [0.2, 0.25) is 5.95 Å². The van der Waals surface area contributed by atoms with Gasteiger partial charge in [0.15, 0.2) is 5.78 Å². The Morgan fingerprint density at radius 1 is 1.13 bits per heavy atom. The SMILES string of the molecule is O=C(Cn1c(NCCCl)nc2ccccc21)c1ccc(Cl)cc1. The molecule has 0 aliphatic rings. The number of nitrogens with one attached hydrogen (secondary N) is 1. The van der Waals surface area contributed by atoms with Crippen molar-refractivity contribution in [2.45, 2.75) is 6.54 Å². The summed E-state index contributed by atoms with van der Waals surface area (Å²) in [4.78, 5) is 17.1. The number of carbonyl (C=O) groups is 1. The number of hydrogen-bond donors (Lipinski definition) is 1. The molecule has 2 aromatic carbocycles. The van der Waals surface area contributed by atoms with Gasteiger partial charge < -0.3 is 9.88 Å². The zero-order valence-corrected chi connectivity index (χ0v) is 13.8. The number of benzene rings is 2. The molecule has 1 aromatic heterocycles. The lowest BCUT2D eigenvalue weighted by atomic mass is 10.1. The molecule has 0 aliphatic carbocycles. The molecule has 6 heteroatoms. The summed E-state index contributed by atoms with van der Waals surface area (Å²) in [5.41, 5.74) is 2.37. The van der Waals surface area contributed by atoms with Crippen molar-refractivity contribution in [2.75, 3.05) is 17.7 Å². The predicted molar refractivity (Wildman–Crippen MR) is 94.7 cm³/mol. The summed E-state index contributed by atoms with van der Waals surface area (Å²) in [6.45, 7) is 0.785. The Balaban J connectivity index is 1.94. The van der Waals surface area contributed by atoms with Gasteiger partial charge in [0.25, 0.3) is 0 Å². The van der Waals surface area contributed by atoms with Crippen LogP contribution in [0.5, 0.6) is 0 Å². The second kappa shape index (κ2) is 7.02. The lowest BCUT2D eigenvalue weighted by Crippen LogP contribution is -2.15. The van der Waals surface area contributed by atoms with Crippen LogP contribution >= 0.6 is 23.2 Å². The van der Waals surface area contributed by atoms with Gasteiger partial charge in [-0.1, -0.05) is 23.7 Å². The number of rotatable bonds is 6. The number of anilines is 1. The molecule has 1 heterocycles. The molecule has 0 unspecified atom stereocenters. The number of imidazole rings is 1. The molecule has 0 saturated heterocycles. The number of nitrogens with zero attached hydrogens (tertiary/aromatic N) is 2. The molecule has 1 N–H and O–H groups in total. The molecule has 0 amide bonds. The predicted octanol–water partition coefficient (Wildman–Crippen LogP) is 4.22. The highest BCUT2D eigenvalue weighted by Gasteiger charge is 2.14. The van der Waals surface area contributed by atoms with Crippen LogP contribution in [0.1, 0.15) is 10.4 Å². The first-order valence-electron chi connectivity index (χ1n) is 7.23. The van der Waals surface area contributed by atoms with Crippen LogP contribution in [0.25, 0.3) is 11.0 Å². The van der Waals surface area contributed by atoms with Crippen molar-refractivity contribution in [2.24, 2.45) is 0 Å². The number of ketones is 1. The lowest BCUT2D eigenvalue weighted by Gasteiger charge is -2.09. The minimum Gasteiger partial charge on any atom is -0.354 e. The maximum absolute atomic E-state index is 12.5. The molecule has 23 heavy (non-hydrogen) atoms. The van der Waals surface area contributed by atoms with Crippen molar-refractivity contribution < 1.29 is 4.79 Å². The Kier molecular flexibility index (Phi) is 4.84. The summed E-state index contributed by atoms with van der Waals surface area (Å²) in [6.07, 6.45) is 0. The van der Waals surface area contributed by atoms with Gasteiger partial charge in [-0.2, -0.15) is 0 Å². The molecule has 3 rings (SSSR count). The van der Waals surface area contributed by atoms with Crippen LogP contribution in [0.15, 0.2) is 48.5 Å². The molecule has 0 fully saturated rings. The van der Waals surface area contributed by atoms with Gasteiger partial charge in [0, 0.05) is 23.0 Å². The van der Waals surface area contributed by atoms with Crippen LogP contribution in [0, 0.1) is 0 Å². The molecule has 0 atom stereocenters. The molecule has 0 saturated carbocycles. The molecule has 118 valence electrons. The fourth-order valence-corrected chi connectivity index (χ4v) is 2.62. The molecular weight excluding hydrogens is 333 g/mol. The van der Waals surface area contributed by atoms with Crippen LogP contribution in [0.4, 0.5) is 5.95 Å². The number of aromatic nitrogens is 2. The number of alkyl halides is 1. The van der Waals surface area contributed by atoms with Crippen molar-refractivity contribution in [3.05, 3.63) is 59.1 Å². The molecule has 3 aromatic rings. The largest absolute Gasteiger partial charge is 0.354 e. The van der Waals surface area contributed by atoms with Crippen molar-refractivity contribution in [1.82, 2.24) is 9.55 Å². The Labute approximate surface area is 144 Å². The average Bonchev–Trinajstić information content (AvgIpc) is 2.91. The fourth-order valence-electron chi connectivity index (χ4n) is 2.40. The van der Waals surface area contributed by atoms with E-state index in [1.807, 2.05) is 28.8 Å². The summed E-state index contributed by atoms with van der Waals surface area (Å²) in [6, 6.07) is 14.6. The molecule has 0 spiro atoms. The Morgan fingerprint density at radius 3 is 2.61 bits per heavy atom. The highest BCUT2D eigenvalue weighted by molar-refractivity contribution is 6.30. The van der Waals surface area contributed by atoms with E-state index < -0.39 is 0 Å². The number of fused-ring (bicyclic) bond motifs is 1. The number of hydrogen-bond acceptors (Lipinski definition) is 3. The second-order valence-electron chi connectivity index (χ2n) is 5.06. The van der Waals surface area contributed by atoms with Gasteiger partial charge in [-0.05, 0) is 36.4 Å². The molecule has 0 radical (unpaired) electrons. The van der Waals surface area contributed by atoms with E-state index in [4.69, 9.17) is 23.2 Å². The summed E-state index contributed by atoms with van der Waals surface area (Å²) >= 11 is 11.6. The van der Waals surface area contributed by atoms with Crippen LogP contribution in [-0.4, -0.2) is 27.8 Å². The van der Waals surface area contributed by atoms with Gasteiger partial charge in [-0.15, -0.1) is 11.6 Å². The van der Waals surface area contributed by atoms with E-state index in [9.17, 15) is 4.79 Å². The first-order valence-corrected chi connectivity index (χ1v) is 8.14. The first kappa shape index (κ1) is 15.8. The van der Waals surface area contributed by atoms with E-state index in [1.54, 1.807) is 24.3 Å². The van der Waals surface area contributed by atoms with Crippen LogP contribution < -0.4 is 5.32 Å². The third kappa shape index (κ3) is 3.49. The van der Waals surface area contributed by atoms with Gasteiger partial charge in [0.1, 0.15) is 0 Å². The van der Waals surface area contributed by atoms with E-state index in [0.29, 0.717) is 29.0 Å². The Bertz CT molecular complexity index is 827. The quantitative estimate of drug-likeness (QED) is 0.536. The average molecular weight is 348 g/mol. The zero-order valence-electron chi connectivity index (χ0n) is 12.3. The summed E-state index contributed by atoms with van der Waals surface area (Å²) in [7, 11) is 0. The smallest absolute Gasteiger partial charge is 0.204 e. The Morgan fingerprint density at radius 2 is 1.87 bits per heavy atom. The minimum absolute atomic E-state index is 0.00116. The van der Waals surface area contributed by atoms with Gasteiger partial charge in [-0.25, -0.2) is 4.98 Å². The molecule has 4 nitrogen and oxygen atoms in total.